The van der Waals surface area contributed by atoms with Gasteiger partial charge >= 0.3 is 19.8 Å². The second-order valence-electron chi connectivity index (χ2n) is 17.5. The molecule has 4 atom stereocenters. The Labute approximate surface area is 378 Å². The van der Waals surface area contributed by atoms with Gasteiger partial charge < -0.3 is 23.6 Å². The molecule has 3 unspecified atom stereocenters. The number of carbonyl (C=O) groups excluding carboxylic acids is 2. The first-order chi connectivity index (χ1) is 30.0. The molecule has 0 radical (unpaired) electrons. The maximum Gasteiger partial charge on any atom is 0.472 e. The minimum Gasteiger partial charge on any atom is -0.462 e. The van der Waals surface area contributed by atoms with Gasteiger partial charge in [-0.2, -0.15) is 0 Å². The Morgan fingerprint density at radius 2 is 1.03 bits per heavy atom. The van der Waals surface area contributed by atoms with Crippen molar-refractivity contribution < 1.29 is 46.8 Å². The molecule has 0 spiro atoms. The summed E-state index contributed by atoms with van der Waals surface area (Å²) in [7, 11) is 1.41. The van der Waals surface area contributed by atoms with Gasteiger partial charge in [0, 0.05) is 12.8 Å². The molecule has 11 heteroatoms. The number of nitrogens with zero attached hydrogens (tertiary/aromatic N) is 1. The molecule has 10 nitrogen and oxygen atoms in total. The lowest BCUT2D eigenvalue weighted by atomic mass is 10.1. The zero-order chi connectivity index (χ0) is 45.4. The number of carbonyl (C=O) groups is 2. The molecular formula is C51H89NO9P+. The molecule has 0 aromatic heterocycles. The molecule has 0 aliphatic carbocycles. The number of unbranched alkanes of at least 4 members (excludes halogenated alkanes) is 14. The highest BCUT2D eigenvalue weighted by Crippen LogP contribution is 2.43. The monoisotopic (exact) mass is 891 g/mol. The average molecular weight is 891 g/mol. The predicted molar refractivity (Wildman–Crippen MR) is 256 cm³/mol. The van der Waals surface area contributed by atoms with Crippen molar-refractivity contribution in [2.45, 2.75) is 193 Å². The Balaban J connectivity index is 2.31. The largest absolute Gasteiger partial charge is 0.472 e. The second kappa shape index (κ2) is 38.8. The molecule has 0 amide bonds. The van der Waals surface area contributed by atoms with Crippen LogP contribution >= 0.6 is 7.82 Å². The van der Waals surface area contributed by atoms with E-state index < -0.39 is 32.5 Å². The fraction of sp³-hybridized carbons (Fsp3) is 0.725. The molecule has 62 heavy (non-hydrogen) atoms. The predicted octanol–water partition coefficient (Wildman–Crippen LogP) is 13.2. The molecule has 1 saturated heterocycles. The van der Waals surface area contributed by atoms with Crippen LogP contribution in [0.5, 0.6) is 0 Å². The van der Waals surface area contributed by atoms with E-state index in [1.54, 1.807) is 0 Å². The fourth-order valence-electron chi connectivity index (χ4n) is 6.41. The molecule has 0 bridgehead atoms. The molecule has 1 aliphatic rings. The smallest absolute Gasteiger partial charge is 0.462 e. The fourth-order valence-corrected chi connectivity index (χ4v) is 7.15. The summed E-state index contributed by atoms with van der Waals surface area (Å²) in [6, 6.07) is 0. The molecular weight excluding hydrogens is 802 g/mol. The van der Waals surface area contributed by atoms with Gasteiger partial charge in [-0.3, -0.25) is 18.6 Å². The number of ether oxygens (including phenoxy) is 3. The molecule has 0 aromatic carbocycles. The van der Waals surface area contributed by atoms with Gasteiger partial charge in [0.25, 0.3) is 0 Å². The Bertz CT molecular complexity index is 1350. The number of epoxide rings is 1. The highest BCUT2D eigenvalue weighted by molar-refractivity contribution is 7.47. The van der Waals surface area contributed by atoms with Crippen molar-refractivity contribution in [3.05, 3.63) is 72.9 Å². The number of phosphoric acid groups is 1. The van der Waals surface area contributed by atoms with Crippen LogP contribution in [-0.2, 0) is 37.4 Å². The van der Waals surface area contributed by atoms with Gasteiger partial charge in [0.05, 0.1) is 40.0 Å². The van der Waals surface area contributed by atoms with Gasteiger partial charge in [-0.15, -0.1) is 0 Å². The number of hydrogen-bond acceptors (Lipinski definition) is 8. The van der Waals surface area contributed by atoms with Crippen molar-refractivity contribution in [3.63, 3.8) is 0 Å². The Morgan fingerprint density at radius 3 is 1.63 bits per heavy atom. The van der Waals surface area contributed by atoms with Gasteiger partial charge in [0.15, 0.2) is 6.10 Å². The normalized spacial score (nSPS) is 17.4. The average Bonchev–Trinajstić information content (AvgIpc) is 3.98. The lowest BCUT2D eigenvalue weighted by Gasteiger charge is -2.24. The summed E-state index contributed by atoms with van der Waals surface area (Å²) in [6.45, 7) is 4.27. The lowest BCUT2D eigenvalue weighted by Crippen LogP contribution is -2.37. The van der Waals surface area contributed by atoms with Crippen LogP contribution in [0.4, 0.5) is 0 Å². The number of allylic oxidation sites excluding steroid dienone is 10. The van der Waals surface area contributed by atoms with Crippen LogP contribution in [0.1, 0.15) is 174 Å². The standard InChI is InChI=1S/C51H88NO9P/c1-6-8-10-12-14-16-17-18-19-20-21-22-23-24-25-26-28-30-32-37-41-50(53)57-45-47(46-59-62(55,56)58-44-43-52(3,4)5)60-51(54)42-38-34-33-36-40-49-48(61-49)39-35-31-29-27-15-13-11-9-7-2/h15-17,19-20,22-23,27,31,33,35-36,47-49H,6-14,18,21,24-26,28-30,32,34,37-46H2,1-5H3/p+1/b17-16-,20-19-,23-22-,27-15-,35-31-,36-33-/t47-,48?,49?/m1/s1. The SMILES string of the molecule is CCCCC/C=C\C/C=C\CC1OC1C/C=C\CCCC(=O)O[C@H](COC(=O)CCCCCCCC/C=C\C/C=C\C/C=C\CCCCCC)COP(=O)(O)OCC[N+](C)(C)C. The third-order valence-corrected chi connectivity index (χ3v) is 11.3. The van der Waals surface area contributed by atoms with E-state index in [-0.39, 0.29) is 38.3 Å². The maximum absolute atomic E-state index is 12.7. The van der Waals surface area contributed by atoms with Crippen LogP contribution in [0.3, 0.4) is 0 Å². The highest BCUT2D eigenvalue weighted by Gasteiger charge is 2.36. The number of phosphoric ester groups is 1. The zero-order valence-corrected chi connectivity index (χ0v) is 40.7. The van der Waals surface area contributed by atoms with Crippen molar-refractivity contribution in [3.8, 4) is 0 Å². The van der Waals surface area contributed by atoms with E-state index in [2.05, 4.69) is 86.8 Å². The minimum atomic E-state index is -4.41. The van der Waals surface area contributed by atoms with E-state index >= 15 is 0 Å². The van der Waals surface area contributed by atoms with Crippen molar-refractivity contribution in [2.24, 2.45) is 0 Å². The first-order valence-corrected chi connectivity index (χ1v) is 25.8. The van der Waals surface area contributed by atoms with Crippen molar-refractivity contribution in [1.82, 2.24) is 0 Å². The summed E-state index contributed by atoms with van der Waals surface area (Å²) in [4.78, 5) is 35.5. The zero-order valence-electron chi connectivity index (χ0n) is 39.8. The summed E-state index contributed by atoms with van der Waals surface area (Å²) >= 11 is 0. The highest BCUT2D eigenvalue weighted by atomic mass is 31.2. The topological polar surface area (TPSA) is 121 Å². The van der Waals surface area contributed by atoms with Crippen molar-refractivity contribution in [2.75, 3.05) is 47.5 Å². The van der Waals surface area contributed by atoms with Gasteiger partial charge in [0.1, 0.15) is 19.8 Å². The number of quaternary nitrogens is 1. The van der Waals surface area contributed by atoms with Crippen LogP contribution in [0.2, 0.25) is 0 Å². The Morgan fingerprint density at radius 1 is 0.581 bits per heavy atom. The third-order valence-electron chi connectivity index (χ3n) is 10.4. The van der Waals surface area contributed by atoms with E-state index in [0.29, 0.717) is 30.3 Å². The van der Waals surface area contributed by atoms with E-state index in [1.807, 2.05) is 21.1 Å². The van der Waals surface area contributed by atoms with Gasteiger partial charge in [0.2, 0.25) is 0 Å². The molecule has 1 rings (SSSR count). The summed E-state index contributed by atoms with van der Waals surface area (Å²) < 4.78 is 40.1. The van der Waals surface area contributed by atoms with E-state index in [9.17, 15) is 19.0 Å². The molecule has 1 N–H and O–H groups in total. The van der Waals surface area contributed by atoms with Crippen LogP contribution in [-0.4, -0.2) is 87.1 Å². The Hall–Kier alpha value is -2.59. The quantitative estimate of drug-likeness (QED) is 0.0159. The molecule has 0 saturated carbocycles. The van der Waals surface area contributed by atoms with Crippen LogP contribution in [0.15, 0.2) is 72.9 Å². The Kier molecular flexibility index (Phi) is 36.0. The molecule has 356 valence electrons. The van der Waals surface area contributed by atoms with E-state index in [4.69, 9.17) is 23.3 Å². The summed E-state index contributed by atoms with van der Waals surface area (Å²) in [6.07, 6.45) is 51.2. The molecule has 1 fully saturated rings. The maximum atomic E-state index is 12.7. The van der Waals surface area contributed by atoms with Crippen LogP contribution in [0.25, 0.3) is 0 Å². The number of esters is 2. The lowest BCUT2D eigenvalue weighted by molar-refractivity contribution is -0.870. The number of likely N-dealkylation sites (N-methyl/N-ethyl adjacent to an activating group) is 1. The first-order valence-electron chi connectivity index (χ1n) is 24.3. The minimum absolute atomic E-state index is 0.0125. The second-order valence-corrected chi connectivity index (χ2v) is 19.0. The molecule has 0 aromatic rings. The summed E-state index contributed by atoms with van der Waals surface area (Å²) in [5.41, 5.74) is 0. The summed E-state index contributed by atoms with van der Waals surface area (Å²) in [5, 5.41) is 0. The van der Waals surface area contributed by atoms with Gasteiger partial charge in [-0.25, -0.2) is 4.57 Å². The van der Waals surface area contributed by atoms with E-state index in [0.717, 1.165) is 77.0 Å². The van der Waals surface area contributed by atoms with Crippen molar-refractivity contribution >= 4 is 19.8 Å². The van der Waals surface area contributed by atoms with E-state index in [1.165, 1.54) is 51.4 Å². The van der Waals surface area contributed by atoms with Gasteiger partial charge in [-0.05, 0) is 89.9 Å². The van der Waals surface area contributed by atoms with Crippen molar-refractivity contribution in [1.29, 1.82) is 0 Å². The van der Waals surface area contributed by atoms with Gasteiger partial charge in [-0.1, -0.05) is 145 Å². The molecule has 1 aliphatic heterocycles. The van der Waals surface area contributed by atoms with Crippen LogP contribution < -0.4 is 0 Å². The third kappa shape index (κ3) is 39.0. The van der Waals surface area contributed by atoms with Crippen LogP contribution in [0, 0.1) is 0 Å². The summed E-state index contributed by atoms with van der Waals surface area (Å²) in [5.74, 6) is -0.891. The first kappa shape index (κ1) is 57.4. The molecule has 1 heterocycles. The number of rotatable bonds is 42. The number of hydrogen-bond donors (Lipinski definition) is 1.